The maximum absolute atomic E-state index is 9.60. The molecule has 36 valence electrons. The molecule has 0 aliphatic carbocycles. The SMILES string of the molecule is C=C(C)C(=O)O.[Rf]. The largest absolute Gasteiger partial charge is 0.478 e. The van der Waals surface area contributed by atoms with Gasteiger partial charge >= 0.3 is 5.97 Å². The summed E-state index contributed by atoms with van der Waals surface area (Å²) < 4.78 is 0. The number of carboxylic acid groups (broad SMARTS) is 1. The predicted octanol–water partition coefficient (Wildman–Crippen LogP) is 0.647. The van der Waals surface area contributed by atoms with Crippen molar-refractivity contribution in [1.82, 2.24) is 0 Å². The molecule has 0 heterocycles. The summed E-state index contributed by atoms with van der Waals surface area (Å²) >= 11 is 0. The summed E-state index contributed by atoms with van der Waals surface area (Å²) in [4.78, 5) is 9.60. The topological polar surface area (TPSA) is 37.3 Å². The third-order valence-corrected chi connectivity index (χ3v) is 0.365. The summed E-state index contributed by atoms with van der Waals surface area (Å²) in [6, 6.07) is 0. The van der Waals surface area contributed by atoms with Crippen LogP contribution < -0.4 is 0 Å². The standard InChI is InChI=1S/C4H6O2.Rf/c1-3(2)4(5)6;/h1H2,2H3,(H,5,6);. The smallest absolute Gasteiger partial charge is 0.330 e. The van der Waals surface area contributed by atoms with Crippen LogP contribution in [0.4, 0.5) is 0 Å². The predicted molar refractivity (Wildman–Crippen MR) is 22.4 cm³/mol. The Labute approximate surface area is 36.1 Å². The van der Waals surface area contributed by atoms with Crippen molar-refractivity contribution in [2.45, 2.75) is 6.92 Å². The molecule has 3 heteroatoms. The van der Waals surface area contributed by atoms with E-state index in [0.717, 1.165) is 0 Å². The van der Waals surface area contributed by atoms with E-state index in [1.807, 2.05) is 0 Å². The van der Waals surface area contributed by atoms with Crippen molar-refractivity contribution < 1.29 is 9.90 Å². The van der Waals surface area contributed by atoms with Crippen molar-refractivity contribution in [1.29, 1.82) is 0 Å². The molecule has 0 unspecified atom stereocenters. The number of carboxylic acids is 1. The second-order valence-electron chi connectivity index (χ2n) is 1.09. The van der Waals surface area contributed by atoms with Gasteiger partial charge < -0.3 is 5.11 Å². The summed E-state index contributed by atoms with van der Waals surface area (Å²) in [6.07, 6.45) is 0. The van der Waals surface area contributed by atoms with Crippen LogP contribution >= 0.6 is 0 Å². The number of rotatable bonds is 1. The Hall–Kier alpha value is -1.79. The number of aliphatic carboxylic acids is 1. The Morgan fingerprint density at radius 1 is 1.71 bits per heavy atom. The normalized spacial score (nSPS) is 6.43. The number of hydrogen-bond acceptors (Lipinski definition) is 1. The van der Waals surface area contributed by atoms with Gasteiger partial charge in [0.25, 0.3) is 0 Å². The Morgan fingerprint density at radius 2 is 1.86 bits per heavy atom. The first kappa shape index (κ1) is 8.96. The van der Waals surface area contributed by atoms with Gasteiger partial charge in [0.15, 0.2) is 0 Å². The monoisotopic (exact) mass is 353 g/mol. The maximum Gasteiger partial charge on any atom is 0.330 e. The van der Waals surface area contributed by atoms with E-state index in [1.165, 1.54) is 6.92 Å². The van der Waals surface area contributed by atoms with Gasteiger partial charge in [-0.3, -0.25) is 0 Å². The van der Waals surface area contributed by atoms with Crippen molar-refractivity contribution in [3.05, 3.63) is 12.2 Å². The molecule has 0 atom stereocenters. The van der Waals surface area contributed by atoms with Crippen molar-refractivity contribution in [3.63, 3.8) is 0 Å². The van der Waals surface area contributed by atoms with Crippen LogP contribution in [0.25, 0.3) is 0 Å². The van der Waals surface area contributed by atoms with Crippen LogP contribution in [0.15, 0.2) is 12.2 Å². The fraction of sp³-hybridized carbons (Fsp3) is 0.250. The van der Waals surface area contributed by atoms with Crippen LogP contribution in [0.5, 0.6) is 0 Å². The first-order valence-electron chi connectivity index (χ1n) is 1.53. The average Bonchev–Trinajstić information content (AvgIpc) is 1.36. The maximum atomic E-state index is 9.60. The molecule has 0 saturated heterocycles. The second-order valence-corrected chi connectivity index (χ2v) is 1.09. The van der Waals surface area contributed by atoms with E-state index in [9.17, 15) is 4.79 Å². The average molecular weight is 353 g/mol. The van der Waals surface area contributed by atoms with Gasteiger partial charge in [-0.05, 0) is 6.92 Å². The molecule has 0 bridgehead atoms. The number of hydrogen-bond donors (Lipinski definition) is 1. The van der Waals surface area contributed by atoms with E-state index in [1.54, 1.807) is 0 Å². The zero-order chi connectivity index (χ0) is 5.15. The van der Waals surface area contributed by atoms with Crippen molar-refractivity contribution in [3.8, 4) is 0 Å². The van der Waals surface area contributed by atoms with Gasteiger partial charge in [-0.15, -0.1) is 0 Å². The Morgan fingerprint density at radius 3 is 1.86 bits per heavy atom. The van der Waals surface area contributed by atoms with Gasteiger partial charge in [-0.1, -0.05) is 6.58 Å². The van der Waals surface area contributed by atoms with E-state index >= 15 is 0 Å². The van der Waals surface area contributed by atoms with Crippen LogP contribution in [0, 0.1) is 0 Å². The first-order valence-corrected chi connectivity index (χ1v) is 1.53. The van der Waals surface area contributed by atoms with Gasteiger partial charge in [-0.25, -0.2) is 4.79 Å². The third-order valence-electron chi connectivity index (χ3n) is 0.365. The minimum absolute atomic E-state index is 0. The van der Waals surface area contributed by atoms with E-state index < -0.39 is 5.97 Å². The molecule has 0 aromatic carbocycles. The van der Waals surface area contributed by atoms with Crippen LogP contribution in [0.1, 0.15) is 6.92 Å². The summed E-state index contributed by atoms with van der Waals surface area (Å²) in [5.74, 6) is -0.935. The molecule has 0 spiro atoms. The Balaban J connectivity index is 0. The second kappa shape index (κ2) is 2.45. The van der Waals surface area contributed by atoms with E-state index in [0.29, 0.717) is 0 Å². The molecular weight excluding hydrogens is 347 g/mol. The quantitative estimate of drug-likeness (QED) is 0.703. The summed E-state index contributed by atoms with van der Waals surface area (Å²) in [5.41, 5.74) is 0.176. The first-order chi connectivity index (χ1) is 2.64. The zero-order valence-corrected chi connectivity index (χ0v) is 10.7. The van der Waals surface area contributed by atoms with Crippen molar-refractivity contribution >= 4 is 5.97 Å². The fourth-order valence-corrected chi connectivity index (χ4v) is 0. The van der Waals surface area contributed by atoms with Crippen LogP contribution in [-0.4, -0.2) is 11.1 Å². The Bertz CT molecular complexity index is 75.7. The molecule has 0 aliphatic heterocycles. The molecule has 2 nitrogen and oxygen atoms in total. The molecule has 1 N–H and O–H groups in total. The summed E-state index contributed by atoms with van der Waals surface area (Å²) in [6.45, 7) is 4.60. The van der Waals surface area contributed by atoms with Gasteiger partial charge in [0.2, 0.25) is 0 Å². The molecular formula is C4H6O2Rf. The summed E-state index contributed by atoms with van der Waals surface area (Å²) in [7, 11) is 0. The molecule has 7 heavy (non-hydrogen) atoms. The molecule has 0 fully saturated rings. The van der Waals surface area contributed by atoms with Gasteiger partial charge in [0, 0.05) is 5.57 Å². The van der Waals surface area contributed by atoms with Crippen molar-refractivity contribution in [2.24, 2.45) is 0 Å². The molecule has 0 radical (unpaired) electrons. The van der Waals surface area contributed by atoms with Gasteiger partial charge in [0.1, 0.15) is 0 Å². The van der Waals surface area contributed by atoms with Gasteiger partial charge in [0.05, 0.1) is 0 Å². The molecule has 0 aromatic heterocycles. The number of carbonyl (C=O) groups is 1. The Kier molecular flexibility index (Phi) is 3.13. The minimum Gasteiger partial charge on any atom is -0.478 e. The molecule has 0 rings (SSSR count). The summed E-state index contributed by atoms with van der Waals surface area (Å²) in [5, 5.41) is 7.89. The van der Waals surface area contributed by atoms with E-state index in [-0.39, 0.29) is 5.57 Å². The van der Waals surface area contributed by atoms with Crippen LogP contribution in [0.3, 0.4) is 0 Å². The molecule has 0 amide bonds. The van der Waals surface area contributed by atoms with Crippen LogP contribution in [0.2, 0.25) is 0 Å². The van der Waals surface area contributed by atoms with Crippen molar-refractivity contribution in [2.75, 3.05) is 0 Å². The molecule has 0 saturated carbocycles. The third kappa shape index (κ3) is 4.21. The fourth-order valence-electron chi connectivity index (χ4n) is 0. The van der Waals surface area contributed by atoms with Crippen LogP contribution in [-0.2, 0) is 4.79 Å². The molecule has 0 aliphatic rings. The van der Waals surface area contributed by atoms with Gasteiger partial charge in [-0.2, -0.15) is 0 Å². The molecule has 0 aromatic rings. The van der Waals surface area contributed by atoms with E-state index in [2.05, 4.69) is 6.58 Å². The minimum atomic E-state index is -0.935. The zero-order valence-electron chi connectivity index (χ0n) is 4.27. The van der Waals surface area contributed by atoms with E-state index in [4.69, 9.17) is 5.11 Å².